The molecule has 0 bridgehead atoms. The van der Waals surface area contributed by atoms with Crippen LogP contribution in [0.5, 0.6) is 0 Å². The van der Waals surface area contributed by atoms with Gasteiger partial charge in [-0.3, -0.25) is 4.79 Å². The van der Waals surface area contributed by atoms with E-state index in [9.17, 15) is 13.6 Å². The zero-order chi connectivity index (χ0) is 18.1. The van der Waals surface area contributed by atoms with Gasteiger partial charge in [0.15, 0.2) is 0 Å². The van der Waals surface area contributed by atoms with Crippen LogP contribution in [0.25, 0.3) is 0 Å². The Balaban J connectivity index is 1.33. The molecule has 7 heteroatoms. The SMILES string of the molecule is O=C(C1CCN(C2=CN=CN(c3ccc(F)cc3)C2)CC1)N1CC(F)C1. The van der Waals surface area contributed by atoms with Crippen molar-refractivity contribution in [3.63, 3.8) is 0 Å². The Hall–Kier alpha value is -2.44. The average Bonchev–Trinajstić information content (AvgIpc) is 2.66. The summed E-state index contributed by atoms with van der Waals surface area (Å²) in [5, 5.41) is 0. The minimum absolute atomic E-state index is 0.000330. The highest BCUT2D eigenvalue weighted by atomic mass is 19.1. The van der Waals surface area contributed by atoms with E-state index in [4.69, 9.17) is 0 Å². The summed E-state index contributed by atoms with van der Waals surface area (Å²) < 4.78 is 26.1. The Morgan fingerprint density at radius 1 is 1.12 bits per heavy atom. The number of carbonyl (C=O) groups excluding carboxylic acids is 1. The van der Waals surface area contributed by atoms with Crippen LogP contribution in [0.1, 0.15) is 12.8 Å². The molecule has 1 amide bonds. The highest BCUT2D eigenvalue weighted by Crippen LogP contribution is 2.26. The number of carbonyl (C=O) groups is 1. The van der Waals surface area contributed by atoms with Crippen molar-refractivity contribution in [2.45, 2.75) is 19.0 Å². The number of aliphatic imine (C=N–C) groups is 1. The molecule has 1 aromatic carbocycles. The molecule has 0 aromatic heterocycles. The Morgan fingerprint density at radius 3 is 2.46 bits per heavy atom. The van der Waals surface area contributed by atoms with Crippen molar-refractivity contribution in [2.75, 3.05) is 37.6 Å². The minimum Gasteiger partial charge on any atom is -0.372 e. The van der Waals surface area contributed by atoms with Gasteiger partial charge in [0.2, 0.25) is 5.91 Å². The molecule has 0 unspecified atom stereocenters. The second kappa shape index (κ2) is 7.05. The van der Waals surface area contributed by atoms with E-state index >= 15 is 0 Å². The smallest absolute Gasteiger partial charge is 0.226 e. The van der Waals surface area contributed by atoms with Gasteiger partial charge in [0, 0.05) is 30.9 Å². The van der Waals surface area contributed by atoms with Gasteiger partial charge in [-0.1, -0.05) is 0 Å². The molecule has 3 aliphatic rings. The van der Waals surface area contributed by atoms with Crippen LogP contribution in [-0.4, -0.2) is 60.9 Å². The van der Waals surface area contributed by atoms with Gasteiger partial charge < -0.3 is 14.7 Å². The van der Waals surface area contributed by atoms with Gasteiger partial charge in [-0.15, -0.1) is 0 Å². The number of alkyl halides is 1. The topological polar surface area (TPSA) is 39.2 Å². The van der Waals surface area contributed by atoms with E-state index in [-0.39, 0.29) is 30.7 Å². The predicted octanol–water partition coefficient (Wildman–Crippen LogP) is 2.41. The first-order chi connectivity index (χ1) is 12.6. The van der Waals surface area contributed by atoms with Gasteiger partial charge >= 0.3 is 0 Å². The maximum Gasteiger partial charge on any atom is 0.226 e. The zero-order valence-corrected chi connectivity index (χ0v) is 14.5. The number of nitrogens with zero attached hydrogens (tertiary/aromatic N) is 4. The molecule has 26 heavy (non-hydrogen) atoms. The van der Waals surface area contributed by atoms with E-state index < -0.39 is 6.17 Å². The Kier molecular flexibility index (Phi) is 4.61. The fraction of sp³-hybridized carbons (Fsp3) is 0.474. The average molecular weight is 360 g/mol. The number of piperidine rings is 1. The van der Waals surface area contributed by atoms with Gasteiger partial charge in [-0.2, -0.15) is 0 Å². The molecular formula is C19H22F2N4O. The lowest BCUT2D eigenvalue weighted by Crippen LogP contribution is -2.54. The van der Waals surface area contributed by atoms with E-state index in [1.165, 1.54) is 12.1 Å². The van der Waals surface area contributed by atoms with Crippen LogP contribution in [0, 0.1) is 11.7 Å². The predicted molar refractivity (Wildman–Crippen MR) is 96.1 cm³/mol. The summed E-state index contributed by atoms with van der Waals surface area (Å²) in [5.74, 6) is -0.159. The van der Waals surface area contributed by atoms with Crippen LogP contribution in [0.2, 0.25) is 0 Å². The number of hydrogen-bond acceptors (Lipinski definition) is 4. The standard InChI is InChI=1S/C19H22F2N4O/c20-15-1-3-17(4-2-15)25-12-18(9-22-13-25)23-7-5-14(6-8-23)19(26)24-10-16(21)11-24/h1-4,9,13-14,16H,5-8,10-12H2. The summed E-state index contributed by atoms with van der Waals surface area (Å²) in [4.78, 5) is 22.5. The molecule has 2 fully saturated rings. The molecule has 0 radical (unpaired) electrons. The number of benzene rings is 1. The molecular weight excluding hydrogens is 338 g/mol. The van der Waals surface area contributed by atoms with E-state index in [1.54, 1.807) is 23.4 Å². The van der Waals surface area contributed by atoms with E-state index in [0.717, 1.165) is 37.3 Å². The molecule has 0 saturated carbocycles. The molecule has 0 atom stereocenters. The first-order valence-corrected chi connectivity index (χ1v) is 9.02. The molecule has 138 valence electrons. The second-order valence-corrected chi connectivity index (χ2v) is 7.09. The molecule has 5 nitrogen and oxygen atoms in total. The molecule has 0 N–H and O–H groups in total. The third-order valence-electron chi connectivity index (χ3n) is 5.32. The molecule has 4 rings (SSSR count). The molecule has 0 aliphatic carbocycles. The molecule has 1 aromatic rings. The molecule has 2 saturated heterocycles. The molecule has 3 aliphatic heterocycles. The van der Waals surface area contributed by atoms with Gasteiger partial charge in [-0.25, -0.2) is 13.8 Å². The van der Waals surface area contributed by atoms with Crippen molar-refractivity contribution < 1.29 is 13.6 Å². The lowest BCUT2D eigenvalue weighted by molar-refractivity contribution is -0.144. The van der Waals surface area contributed by atoms with Crippen LogP contribution in [0.3, 0.4) is 0 Å². The van der Waals surface area contributed by atoms with Gasteiger partial charge in [0.05, 0.1) is 31.7 Å². The van der Waals surface area contributed by atoms with Gasteiger partial charge in [0.1, 0.15) is 12.0 Å². The monoisotopic (exact) mass is 360 g/mol. The maximum absolute atomic E-state index is 13.1. The molecule has 3 heterocycles. The van der Waals surface area contributed by atoms with Crippen molar-refractivity contribution in [1.29, 1.82) is 0 Å². The lowest BCUT2D eigenvalue weighted by atomic mass is 9.93. The molecule has 0 spiro atoms. The first-order valence-electron chi connectivity index (χ1n) is 9.02. The fourth-order valence-corrected chi connectivity index (χ4v) is 3.70. The first kappa shape index (κ1) is 17.0. The van der Waals surface area contributed by atoms with Crippen LogP contribution >= 0.6 is 0 Å². The Morgan fingerprint density at radius 2 is 1.81 bits per heavy atom. The van der Waals surface area contributed by atoms with Gasteiger partial charge in [0.25, 0.3) is 0 Å². The number of hydrogen-bond donors (Lipinski definition) is 0. The second-order valence-electron chi connectivity index (χ2n) is 7.09. The normalized spacial score (nSPS) is 21.6. The maximum atomic E-state index is 13.1. The third kappa shape index (κ3) is 3.43. The Labute approximate surface area is 151 Å². The summed E-state index contributed by atoms with van der Waals surface area (Å²) in [7, 11) is 0. The summed E-state index contributed by atoms with van der Waals surface area (Å²) in [6, 6.07) is 6.35. The van der Waals surface area contributed by atoms with E-state index in [2.05, 4.69) is 9.89 Å². The zero-order valence-electron chi connectivity index (χ0n) is 14.5. The number of halogens is 2. The van der Waals surface area contributed by atoms with Crippen LogP contribution in [0.4, 0.5) is 14.5 Å². The number of amides is 1. The fourth-order valence-electron chi connectivity index (χ4n) is 3.70. The van der Waals surface area contributed by atoms with Crippen molar-refractivity contribution >= 4 is 17.9 Å². The highest BCUT2D eigenvalue weighted by molar-refractivity contribution is 5.81. The van der Waals surface area contributed by atoms with E-state index in [0.29, 0.717) is 6.54 Å². The van der Waals surface area contributed by atoms with E-state index in [1.807, 2.05) is 11.1 Å². The summed E-state index contributed by atoms with van der Waals surface area (Å²) in [5.41, 5.74) is 1.99. The number of likely N-dealkylation sites (tertiary alicyclic amines) is 2. The lowest BCUT2D eigenvalue weighted by Gasteiger charge is -2.41. The van der Waals surface area contributed by atoms with Crippen molar-refractivity contribution in [2.24, 2.45) is 10.9 Å². The third-order valence-corrected chi connectivity index (χ3v) is 5.32. The van der Waals surface area contributed by atoms with Crippen LogP contribution in [0.15, 0.2) is 41.2 Å². The van der Waals surface area contributed by atoms with Crippen LogP contribution < -0.4 is 4.90 Å². The number of anilines is 1. The van der Waals surface area contributed by atoms with Crippen molar-refractivity contribution in [1.82, 2.24) is 9.80 Å². The summed E-state index contributed by atoms with van der Waals surface area (Å²) in [6.45, 7) is 2.77. The van der Waals surface area contributed by atoms with Crippen molar-refractivity contribution in [3.05, 3.63) is 42.0 Å². The van der Waals surface area contributed by atoms with Crippen molar-refractivity contribution in [3.8, 4) is 0 Å². The Bertz CT molecular complexity index is 720. The van der Waals surface area contributed by atoms with Crippen LogP contribution in [-0.2, 0) is 4.79 Å². The minimum atomic E-state index is -0.846. The quantitative estimate of drug-likeness (QED) is 0.831. The number of rotatable bonds is 3. The summed E-state index contributed by atoms with van der Waals surface area (Å²) in [6.07, 6.45) is 4.31. The highest BCUT2D eigenvalue weighted by Gasteiger charge is 2.36. The van der Waals surface area contributed by atoms with Gasteiger partial charge in [-0.05, 0) is 37.1 Å². The summed E-state index contributed by atoms with van der Waals surface area (Å²) >= 11 is 0. The largest absolute Gasteiger partial charge is 0.372 e.